The first-order valence-electron chi connectivity index (χ1n) is 9.77. The minimum atomic E-state index is -1.18. The van der Waals surface area contributed by atoms with Crippen LogP contribution in [0.25, 0.3) is 10.1 Å². The molecule has 10 heteroatoms. The Kier molecular flexibility index (Phi) is 5.77. The number of nitrogens with one attached hydrogen (secondary N) is 4. The molecular weight excluding hydrogens is 426 g/mol. The summed E-state index contributed by atoms with van der Waals surface area (Å²) in [6, 6.07) is 7.11. The molecule has 1 spiro atoms. The largest absolute Gasteiger partial charge is 0.338 e. The van der Waals surface area contributed by atoms with Crippen LogP contribution in [0.5, 0.6) is 0 Å². The molecule has 3 heterocycles. The molecule has 158 valence electrons. The minimum absolute atomic E-state index is 0.0766. The average molecular weight is 448 g/mol. The molecule has 8 nitrogen and oxygen atoms in total. The Balaban J connectivity index is 1.79. The van der Waals surface area contributed by atoms with Gasteiger partial charge in [0.05, 0.1) is 17.4 Å². The van der Waals surface area contributed by atoms with Gasteiger partial charge in [0.25, 0.3) is 5.91 Å². The van der Waals surface area contributed by atoms with E-state index in [0.717, 1.165) is 10.1 Å². The SMILES string of the molecule is CCNC(=O)Nc1sc2ccccc2c1C(=O)C1CNCCC12N=C(CCl)NC2=O. The van der Waals surface area contributed by atoms with Crippen molar-refractivity contribution in [2.75, 3.05) is 30.8 Å². The molecule has 0 radical (unpaired) electrons. The van der Waals surface area contributed by atoms with Crippen molar-refractivity contribution in [3.05, 3.63) is 29.8 Å². The number of ketones is 1. The number of thiophene rings is 1. The maximum Gasteiger partial charge on any atom is 0.319 e. The molecule has 3 amide bonds. The number of halogens is 1. The van der Waals surface area contributed by atoms with Crippen molar-refractivity contribution >= 4 is 61.6 Å². The zero-order valence-corrected chi connectivity index (χ0v) is 18.0. The summed E-state index contributed by atoms with van der Waals surface area (Å²) in [7, 11) is 0. The number of alkyl halides is 1. The Morgan fingerprint density at radius 1 is 1.37 bits per heavy atom. The van der Waals surface area contributed by atoms with Gasteiger partial charge in [-0.3, -0.25) is 19.9 Å². The molecule has 1 aromatic heterocycles. The topological polar surface area (TPSA) is 112 Å². The van der Waals surface area contributed by atoms with Crippen molar-refractivity contribution in [2.24, 2.45) is 10.9 Å². The van der Waals surface area contributed by atoms with Gasteiger partial charge in [-0.1, -0.05) is 18.2 Å². The van der Waals surface area contributed by atoms with E-state index >= 15 is 0 Å². The Hall–Kier alpha value is -2.49. The van der Waals surface area contributed by atoms with E-state index in [1.807, 2.05) is 31.2 Å². The molecule has 2 unspecified atom stereocenters. The van der Waals surface area contributed by atoms with Crippen LogP contribution in [0.2, 0.25) is 0 Å². The molecule has 1 aromatic carbocycles. The van der Waals surface area contributed by atoms with E-state index in [0.29, 0.717) is 42.5 Å². The molecule has 2 aliphatic heterocycles. The van der Waals surface area contributed by atoms with Crippen molar-refractivity contribution in [3.63, 3.8) is 0 Å². The third-order valence-electron chi connectivity index (χ3n) is 5.44. The lowest BCUT2D eigenvalue weighted by Gasteiger charge is -2.36. The number of amides is 3. The van der Waals surface area contributed by atoms with E-state index in [4.69, 9.17) is 11.6 Å². The van der Waals surface area contributed by atoms with Crippen LogP contribution in [0.3, 0.4) is 0 Å². The Labute approximate surface area is 182 Å². The molecule has 2 aliphatic rings. The molecule has 1 saturated heterocycles. The second kappa shape index (κ2) is 8.33. The quantitative estimate of drug-likeness (QED) is 0.416. The lowest BCUT2D eigenvalue weighted by atomic mass is 9.74. The third kappa shape index (κ3) is 3.46. The second-order valence-corrected chi connectivity index (χ2v) is 8.55. The number of carbonyl (C=O) groups excluding carboxylic acids is 3. The maximum atomic E-state index is 13.8. The first kappa shape index (κ1) is 20.8. The first-order valence-corrected chi connectivity index (χ1v) is 11.1. The van der Waals surface area contributed by atoms with Crippen LogP contribution in [0.4, 0.5) is 9.80 Å². The highest BCUT2D eigenvalue weighted by Crippen LogP contribution is 2.41. The van der Waals surface area contributed by atoms with E-state index in [9.17, 15) is 14.4 Å². The van der Waals surface area contributed by atoms with E-state index in [1.54, 1.807) is 0 Å². The summed E-state index contributed by atoms with van der Waals surface area (Å²) >= 11 is 7.23. The number of nitrogens with zero attached hydrogens (tertiary/aromatic N) is 1. The zero-order valence-electron chi connectivity index (χ0n) is 16.4. The van der Waals surface area contributed by atoms with Crippen LogP contribution < -0.4 is 21.3 Å². The summed E-state index contributed by atoms with van der Waals surface area (Å²) in [5.41, 5.74) is -0.768. The van der Waals surface area contributed by atoms with Gasteiger partial charge in [-0.15, -0.1) is 22.9 Å². The fourth-order valence-corrected chi connectivity index (χ4v) is 5.30. The van der Waals surface area contributed by atoms with Gasteiger partial charge < -0.3 is 16.0 Å². The number of urea groups is 1. The molecule has 2 aromatic rings. The van der Waals surface area contributed by atoms with E-state index in [-0.39, 0.29) is 23.6 Å². The van der Waals surface area contributed by atoms with Crippen molar-refractivity contribution < 1.29 is 14.4 Å². The number of anilines is 1. The van der Waals surface area contributed by atoms with Gasteiger partial charge in [0.2, 0.25) is 0 Å². The summed E-state index contributed by atoms with van der Waals surface area (Å²) in [6.45, 7) is 3.17. The van der Waals surface area contributed by atoms with Gasteiger partial charge in [0.1, 0.15) is 10.8 Å². The highest BCUT2D eigenvalue weighted by molar-refractivity contribution is 7.23. The molecule has 4 N–H and O–H groups in total. The van der Waals surface area contributed by atoms with Crippen molar-refractivity contribution in [1.29, 1.82) is 0 Å². The molecule has 0 aliphatic carbocycles. The van der Waals surface area contributed by atoms with Gasteiger partial charge in [0, 0.05) is 23.2 Å². The van der Waals surface area contributed by atoms with E-state index < -0.39 is 11.5 Å². The molecule has 2 atom stereocenters. The number of hydrogen-bond acceptors (Lipinski definition) is 6. The predicted molar refractivity (Wildman–Crippen MR) is 119 cm³/mol. The van der Waals surface area contributed by atoms with Crippen molar-refractivity contribution in [2.45, 2.75) is 18.9 Å². The minimum Gasteiger partial charge on any atom is -0.338 e. The number of hydrogen-bond donors (Lipinski definition) is 4. The Morgan fingerprint density at radius 3 is 2.90 bits per heavy atom. The highest BCUT2D eigenvalue weighted by atomic mass is 35.5. The predicted octanol–water partition coefficient (Wildman–Crippen LogP) is 2.34. The number of carbonyl (C=O) groups is 3. The van der Waals surface area contributed by atoms with Crippen LogP contribution in [0.15, 0.2) is 29.3 Å². The maximum absolute atomic E-state index is 13.8. The average Bonchev–Trinajstić information content (AvgIpc) is 3.25. The number of amidine groups is 1. The van der Waals surface area contributed by atoms with Crippen LogP contribution in [0.1, 0.15) is 23.7 Å². The molecular formula is C20H22ClN5O3S. The van der Waals surface area contributed by atoms with Gasteiger partial charge in [-0.2, -0.15) is 0 Å². The van der Waals surface area contributed by atoms with Crippen molar-refractivity contribution in [3.8, 4) is 0 Å². The Bertz CT molecular complexity index is 1050. The summed E-state index contributed by atoms with van der Waals surface area (Å²) in [5.74, 6) is -0.762. The smallest absolute Gasteiger partial charge is 0.319 e. The Morgan fingerprint density at radius 2 is 2.17 bits per heavy atom. The number of Topliss-reactive ketones (excluding diaryl/α,β-unsaturated/α-hetero) is 1. The van der Waals surface area contributed by atoms with E-state index in [2.05, 4.69) is 26.3 Å². The standard InChI is InChI=1S/C20H22ClN5O3S/c1-2-23-19(29)25-17-15(11-5-3-4-6-13(11)30-17)16(27)12-10-22-8-7-20(12)18(28)24-14(9-21)26-20/h3-6,12,22H,2,7-10H2,1H3,(H2,23,25,29)(H,24,26,28). The number of benzene rings is 1. The molecule has 0 bridgehead atoms. The van der Waals surface area contributed by atoms with Crippen molar-refractivity contribution in [1.82, 2.24) is 16.0 Å². The fourth-order valence-electron chi connectivity index (χ4n) is 4.07. The lowest BCUT2D eigenvalue weighted by molar-refractivity contribution is -0.125. The second-order valence-electron chi connectivity index (χ2n) is 7.23. The van der Waals surface area contributed by atoms with Gasteiger partial charge in [-0.05, 0) is 26.0 Å². The highest BCUT2D eigenvalue weighted by Gasteiger charge is 2.54. The van der Waals surface area contributed by atoms with Gasteiger partial charge in [-0.25, -0.2) is 4.79 Å². The third-order valence-corrected chi connectivity index (χ3v) is 6.78. The normalized spacial score (nSPS) is 23.3. The summed E-state index contributed by atoms with van der Waals surface area (Å²) in [4.78, 5) is 43.5. The zero-order chi connectivity index (χ0) is 21.3. The van der Waals surface area contributed by atoms with Crippen LogP contribution in [0, 0.1) is 5.92 Å². The number of rotatable bonds is 5. The van der Waals surface area contributed by atoms with Crippen LogP contribution in [-0.4, -0.2) is 54.6 Å². The summed E-state index contributed by atoms with van der Waals surface area (Å²) in [6.07, 6.45) is 0.400. The molecule has 0 saturated carbocycles. The lowest BCUT2D eigenvalue weighted by Crippen LogP contribution is -2.57. The summed E-state index contributed by atoms with van der Waals surface area (Å²) in [5, 5.41) is 12.6. The fraction of sp³-hybridized carbons (Fsp3) is 0.400. The molecule has 1 fully saturated rings. The first-order chi connectivity index (χ1) is 14.5. The summed E-state index contributed by atoms with van der Waals surface area (Å²) < 4.78 is 0.881. The van der Waals surface area contributed by atoms with Gasteiger partial charge in [0.15, 0.2) is 11.3 Å². The molecule has 30 heavy (non-hydrogen) atoms. The van der Waals surface area contributed by atoms with Crippen LogP contribution in [-0.2, 0) is 4.79 Å². The van der Waals surface area contributed by atoms with Gasteiger partial charge >= 0.3 is 6.03 Å². The number of aliphatic imine (C=N–C) groups is 1. The van der Waals surface area contributed by atoms with Crippen LogP contribution >= 0.6 is 22.9 Å². The van der Waals surface area contributed by atoms with E-state index in [1.165, 1.54) is 11.3 Å². The monoisotopic (exact) mass is 447 g/mol. The molecule has 4 rings (SSSR count). The number of fused-ring (bicyclic) bond motifs is 1. The number of piperidine rings is 1.